The number of para-hydroxylation sites is 1. The topological polar surface area (TPSA) is 80.7 Å². The maximum atomic E-state index is 11.8. The number of rotatable bonds is 3. The van der Waals surface area contributed by atoms with E-state index in [1.807, 2.05) is 0 Å². The number of carbonyl (C=O) groups excluding carboxylic acids is 1. The van der Waals surface area contributed by atoms with Gasteiger partial charge in [-0.15, -0.1) is 0 Å². The van der Waals surface area contributed by atoms with Crippen LogP contribution in [0.3, 0.4) is 0 Å². The van der Waals surface area contributed by atoms with Crippen molar-refractivity contribution in [3.63, 3.8) is 0 Å². The monoisotopic (exact) mass is 317 g/mol. The molecule has 0 saturated carbocycles. The molecule has 2 aromatic rings. The van der Waals surface area contributed by atoms with Crippen molar-refractivity contribution < 1.29 is 22.5 Å². The van der Waals surface area contributed by atoms with Crippen LogP contribution in [0.4, 0.5) is 0 Å². The molecule has 0 atom stereocenters. The van der Waals surface area contributed by atoms with Gasteiger partial charge in [0.2, 0.25) is 0 Å². The fourth-order valence-corrected chi connectivity index (χ4v) is 2.10. The second-order valence-corrected chi connectivity index (χ2v) is 5.07. The number of benzene rings is 2. The maximum Gasteiger partial charge on any atom is 0.343 e. The van der Waals surface area contributed by atoms with Gasteiger partial charge in [0.05, 0.1) is 5.56 Å². The predicted octanol–water partition coefficient (Wildman–Crippen LogP) is 1.77. The van der Waals surface area contributed by atoms with Gasteiger partial charge in [0.15, 0.2) is 5.75 Å². The van der Waals surface area contributed by atoms with Gasteiger partial charge in [-0.05, 0) is 24.3 Å². The van der Waals surface area contributed by atoms with Crippen LogP contribution < -0.4 is 4.74 Å². The Labute approximate surface area is 159 Å². The Morgan fingerprint density at radius 2 is 1.50 bits per heavy atom. The summed E-state index contributed by atoms with van der Waals surface area (Å²) in [5.41, 5.74) is 0.285. The average molecular weight is 317 g/mol. The fourth-order valence-electron chi connectivity index (χ4n) is 1.48. The Morgan fingerprint density at radius 1 is 0.950 bits per heavy atom. The van der Waals surface area contributed by atoms with E-state index in [1.165, 1.54) is 18.2 Å². The van der Waals surface area contributed by atoms with Crippen molar-refractivity contribution in [3.05, 3.63) is 60.2 Å². The summed E-state index contributed by atoms with van der Waals surface area (Å²) in [6.45, 7) is 0. The second kappa shape index (κ2) is 7.46. The van der Waals surface area contributed by atoms with Gasteiger partial charge < -0.3 is 4.74 Å². The quantitative estimate of drug-likeness (QED) is 0.404. The summed E-state index contributed by atoms with van der Waals surface area (Å²) >= 11 is 0. The molecule has 20 heavy (non-hydrogen) atoms. The zero-order valence-electron chi connectivity index (χ0n) is 10.7. The molecule has 2 aromatic carbocycles. The SMILES string of the molecule is O=C(Oc1ccccc1S(=O)(=O)O)c1ccccc1.[K]. The van der Waals surface area contributed by atoms with Gasteiger partial charge in [-0.1, -0.05) is 30.3 Å². The number of ether oxygens (including phenoxy) is 1. The Bertz CT molecular complexity index is 698. The van der Waals surface area contributed by atoms with E-state index in [0.29, 0.717) is 0 Å². The third-order valence-electron chi connectivity index (χ3n) is 2.34. The van der Waals surface area contributed by atoms with Gasteiger partial charge in [0.25, 0.3) is 10.1 Å². The molecule has 0 aliphatic carbocycles. The first kappa shape index (κ1) is 17.5. The third kappa shape index (κ3) is 4.49. The van der Waals surface area contributed by atoms with E-state index < -0.39 is 21.0 Å². The Kier molecular flexibility index (Phi) is 6.53. The minimum Gasteiger partial charge on any atom is -0.421 e. The molecule has 1 N–H and O–H groups in total. The predicted molar refractivity (Wildman–Crippen MR) is 73.4 cm³/mol. The Morgan fingerprint density at radius 3 is 2.10 bits per heavy atom. The van der Waals surface area contributed by atoms with Crippen LogP contribution in [0.15, 0.2) is 59.5 Å². The molecule has 1 radical (unpaired) electrons. The molecule has 0 aromatic heterocycles. The molecular weight excluding hydrogens is 307 g/mol. The number of hydrogen-bond acceptors (Lipinski definition) is 4. The Hall–Kier alpha value is -0.544. The molecule has 0 aliphatic heterocycles. The Balaban J connectivity index is 0.00000200. The summed E-state index contributed by atoms with van der Waals surface area (Å²) in [5, 5.41) is 0. The third-order valence-corrected chi connectivity index (χ3v) is 3.23. The molecule has 5 nitrogen and oxygen atoms in total. The number of carbonyl (C=O) groups is 1. The van der Waals surface area contributed by atoms with Gasteiger partial charge in [-0.25, -0.2) is 4.79 Å². The van der Waals surface area contributed by atoms with Crippen LogP contribution in [0.25, 0.3) is 0 Å². The van der Waals surface area contributed by atoms with Crippen molar-refractivity contribution in [2.75, 3.05) is 0 Å². The van der Waals surface area contributed by atoms with Crippen molar-refractivity contribution in [1.82, 2.24) is 0 Å². The molecule has 0 aliphatic rings. The first-order chi connectivity index (χ1) is 8.98. The van der Waals surface area contributed by atoms with E-state index in [0.717, 1.165) is 6.07 Å². The van der Waals surface area contributed by atoms with E-state index in [9.17, 15) is 13.2 Å². The molecule has 0 unspecified atom stereocenters. The van der Waals surface area contributed by atoms with Gasteiger partial charge in [0.1, 0.15) is 4.90 Å². The van der Waals surface area contributed by atoms with Crippen LogP contribution in [0, 0.1) is 0 Å². The molecular formula is C13H10KO5S. The second-order valence-electron chi connectivity index (χ2n) is 3.68. The summed E-state index contributed by atoms with van der Waals surface area (Å²) in [4.78, 5) is 11.3. The van der Waals surface area contributed by atoms with Crippen LogP contribution in [0.2, 0.25) is 0 Å². The zero-order valence-corrected chi connectivity index (χ0v) is 14.6. The van der Waals surface area contributed by atoms with Crippen LogP contribution in [0.1, 0.15) is 10.4 Å². The molecule has 2 rings (SSSR count). The van der Waals surface area contributed by atoms with Crippen LogP contribution in [0.5, 0.6) is 5.75 Å². The van der Waals surface area contributed by atoms with Crippen LogP contribution in [-0.2, 0) is 10.1 Å². The van der Waals surface area contributed by atoms with Crippen LogP contribution in [-0.4, -0.2) is 70.3 Å². The summed E-state index contributed by atoms with van der Waals surface area (Å²) in [6, 6.07) is 13.5. The van der Waals surface area contributed by atoms with E-state index in [1.54, 1.807) is 30.3 Å². The molecule has 0 bridgehead atoms. The largest absolute Gasteiger partial charge is 0.421 e. The van der Waals surface area contributed by atoms with E-state index >= 15 is 0 Å². The zero-order chi connectivity index (χ0) is 13.9. The normalized spacial score (nSPS) is 10.4. The summed E-state index contributed by atoms with van der Waals surface area (Å²) in [5.74, 6) is -0.907. The molecule has 0 fully saturated rings. The first-order valence-electron chi connectivity index (χ1n) is 5.32. The van der Waals surface area contributed by atoms with Crippen molar-refractivity contribution in [1.29, 1.82) is 0 Å². The molecule has 0 spiro atoms. The summed E-state index contributed by atoms with van der Waals surface area (Å²) < 4.78 is 36.3. The van der Waals surface area contributed by atoms with Crippen molar-refractivity contribution >= 4 is 67.5 Å². The van der Waals surface area contributed by atoms with Gasteiger partial charge >= 0.3 is 5.97 Å². The van der Waals surface area contributed by atoms with Crippen molar-refractivity contribution in [2.24, 2.45) is 0 Å². The van der Waals surface area contributed by atoms with Gasteiger partial charge in [-0.3, -0.25) is 4.55 Å². The standard InChI is InChI=1S/C13H10O5S.K/c14-13(10-6-2-1-3-7-10)18-11-8-4-5-9-12(11)19(15,16)17;/h1-9H,(H,15,16,17);. The molecule has 7 heteroatoms. The van der Waals surface area contributed by atoms with E-state index in [4.69, 9.17) is 9.29 Å². The number of esters is 1. The van der Waals surface area contributed by atoms with Gasteiger partial charge in [-0.2, -0.15) is 8.42 Å². The van der Waals surface area contributed by atoms with E-state index in [-0.39, 0.29) is 62.7 Å². The average Bonchev–Trinajstić information content (AvgIpc) is 2.39. The molecule has 0 saturated heterocycles. The first-order valence-corrected chi connectivity index (χ1v) is 6.76. The molecule has 99 valence electrons. The molecule has 0 amide bonds. The maximum absolute atomic E-state index is 11.8. The minimum absolute atomic E-state index is 0. The van der Waals surface area contributed by atoms with Crippen molar-refractivity contribution in [2.45, 2.75) is 4.90 Å². The van der Waals surface area contributed by atoms with Crippen LogP contribution >= 0.6 is 0 Å². The molecule has 0 heterocycles. The smallest absolute Gasteiger partial charge is 0.343 e. The minimum atomic E-state index is -4.44. The van der Waals surface area contributed by atoms with Gasteiger partial charge in [0, 0.05) is 51.4 Å². The van der Waals surface area contributed by atoms with E-state index in [2.05, 4.69) is 0 Å². The number of hydrogen-bond donors (Lipinski definition) is 1. The van der Waals surface area contributed by atoms with Crippen molar-refractivity contribution in [3.8, 4) is 5.75 Å². The summed E-state index contributed by atoms with van der Waals surface area (Å²) in [7, 11) is -4.44. The fraction of sp³-hybridized carbons (Fsp3) is 0. The summed E-state index contributed by atoms with van der Waals surface area (Å²) in [6.07, 6.45) is 0.